The number of nitrogens with one attached hydrogen (secondary N) is 1. The minimum atomic E-state index is -3.97. The topological polar surface area (TPSA) is 72.5 Å². The van der Waals surface area contributed by atoms with Gasteiger partial charge in [-0.25, -0.2) is 8.42 Å². The van der Waals surface area contributed by atoms with E-state index in [1.54, 1.807) is 0 Å². The molecule has 1 N–H and O–H groups in total. The van der Waals surface area contributed by atoms with Crippen LogP contribution in [0.5, 0.6) is 5.75 Å². The number of halogens is 1. The van der Waals surface area contributed by atoms with Crippen molar-refractivity contribution in [2.75, 3.05) is 13.7 Å². The van der Waals surface area contributed by atoms with E-state index in [1.807, 2.05) is 0 Å². The number of carbonyl (C=O) groups excluding carboxylic acids is 1. The van der Waals surface area contributed by atoms with Crippen molar-refractivity contribution in [1.82, 2.24) is 5.32 Å². The summed E-state index contributed by atoms with van der Waals surface area (Å²) in [6, 6.07) is 4.16. The van der Waals surface area contributed by atoms with Crippen molar-refractivity contribution in [1.29, 1.82) is 0 Å². The predicted octanol–water partition coefficient (Wildman–Crippen LogP) is 2.40. The molecular formula is C14H18ClNO4S. The second-order valence-corrected chi connectivity index (χ2v) is 8.44. The molecular weight excluding hydrogens is 314 g/mol. The fourth-order valence-electron chi connectivity index (χ4n) is 2.25. The fraction of sp³-hybridized carbons (Fsp3) is 0.500. The van der Waals surface area contributed by atoms with E-state index in [4.69, 9.17) is 15.4 Å². The Morgan fingerprint density at radius 1 is 1.48 bits per heavy atom. The van der Waals surface area contributed by atoms with Gasteiger partial charge in [-0.3, -0.25) is 4.79 Å². The monoisotopic (exact) mass is 331 g/mol. The molecule has 0 radical (unpaired) electrons. The summed E-state index contributed by atoms with van der Waals surface area (Å²) in [4.78, 5) is 11.9. The molecule has 2 rings (SSSR count). The average Bonchev–Trinajstić information content (AvgIpc) is 3.01. The number of hydrogen-bond donors (Lipinski definition) is 1. The van der Waals surface area contributed by atoms with Gasteiger partial charge in [0.05, 0.1) is 7.11 Å². The summed E-state index contributed by atoms with van der Waals surface area (Å²) >= 11 is 0. The number of ether oxygens (including phenoxy) is 1. The molecule has 0 aromatic heterocycles. The second kappa shape index (κ2) is 5.50. The van der Waals surface area contributed by atoms with E-state index in [-0.39, 0.29) is 27.5 Å². The van der Waals surface area contributed by atoms with Gasteiger partial charge >= 0.3 is 0 Å². The number of amides is 1. The molecule has 1 fully saturated rings. The average molecular weight is 332 g/mol. The van der Waals surface area contributed by atoms with E-state index >= 15 is 0 Å². The zero-order valence-electron chi connectivity index (χ0n) is 12.1. The van der Waals surface area contributed by atoms with E-state index in [1.165, 1.54) is 25.3 Å². The summed E-state index contributed by atoms with van der Waals surface area (Å²) in [5, 5.41) is 2.81. The lowest BCUT2D eigenvalue weighted by atomic mass is 10.1. The summed E-state index contributed by atoms with van der Waals surface area (Å²) < 4.78 is 28.0. The Kier molecular flexibility index (Phi) is 4.22. The van der Waals surface area contributed by atoms with Gasteiger partial charge in [-0.1, -0.05) is 13.8 Å². The lowest BCUT2D eigenvalue weighted by molar-refractivity contribution is 0.0950. The maximum atomic E-state index is 12.1. The van der Waals surface area contributed by atoms with Crippen LogP contribution in [0.1, 0.15) is 30.6 Å². The van der Waals surface area contributed by atoms with Gasteiger partial charge in [0.15, 0.2) is 0 Å². The molecule has 1 amide bonds. The largest absolute Gasteiger partial charge is 0.495 e. The molecule has 7 heteroatoms. The number of benzene rings is 1. The van der Waals surface area contributed by atoms with Crippen LogP contribution in [0.4, 0.5) is 0 Å². The van der Waals surface area contributed by atoms with Crippen LogP contribution >= 0.6 is 10.7 Å². The molecule has 1 atom stereocenters. The maximum Gasteiger partial charge on any atom is 0.265 e. The number of carbonyl (C=O) groups is 1. The van der Waals surface area contributed by atoms with Gasteiger partial charge in [0.1, 0.15) is 10.6 Å². The molecule has 0 bridgehead atoms. The molecule has 5 nitrogen and oxygen atoms in total. The molecule has 1 aliphatic rings. The molecule has 0 aliphatic heterocycles. The first-order valence-corrected chi connectivity index (χ1v) is 8.87. The van der Waals surface area contributed by atoms with Crippen molar-refractivity contribution in [3.63, 3.8) is 0 Å². The third kappa shape index (κ3) is 3.68. The van der Waals surface area contributed by atoms with Crippen molar-refractivity contribution < 1.29 is 17.9 Å². The molecule has 0 spiro atoms. The van der Waals surface area contributed by atoms with Gasteiger partial charge in [0.2, 0.25) is 0 Å². The highest BCUT2D eigenvalue weighted by molar-refractivity contribution is 8.13. The first kappa shape index (κ1) is 16.1. The first-order chi connectivity index (χ1) is 9.65. The SMILES string of the molecule is COc1ccc(C(=O)NCC2CC2(C)C)cc1S(=O)(=O)Cl. The molecule has 116 valence electrons. The van der Waals surface area contributed by atoms with Crippen LogP contribution in [0.2, 0.25) is 0 Å². The Hall–Kier alpha value is -1.27. The molecule has 21 heavy (non-hydrogen) atoms. The standard InChI is InChI=1S/C14H18ClNO4S/c1-14(2)7-10(14)8-16-13(17)9-4-5-11(20-3)12(6-9)21(15,18)19/h4-6,10H,7-8H2,1-3H3,(H,16,17). The lowest BCUT2D eigenvalue weighted by Gasteiger charge is -2.09. The molecule has 1 unspecified atom stereocenters. The van der Waals surface area contributed by atoms with Gasteiger partial charge in [-0.2, -0.15) is 0 Å². The highest BCUT2D eigenvalue weighted by Crippen LogP contribution is 2.51. The van der Waals surface area contributed by atoms with Crippen LogP contribution in [0.3, 0.4) is 0 Å². The Bertz CT molecular complexity index is 670. The van der Waals surface area contributed by atoms with E-state index in [0.717, 1.165) is 6.42 Å². The van der Waals surface area contributed by atoms with Crippen molar-refractivity contribution in [2.45, 2.75) is 25.2 Å². The van der Waals surface area contributed by atoms with Crippen LogP contribution < -0.4 is 10.1 Å². The normalized spacial score (nSPS) is 19.9. The number of methoxy groups -OCH3 is 1. The zero-order valence-corrected chi connectivity index (χ0v) is 13.7. The van der Waals surface area contributed by atoms with Gasteiger partial charge < -0.3 is 10.1 Å². The third-order valence-electron chi connectivity index (χ3n) is 3.92. The van der Waals surface area contributed by atoms with Crippen molar-refractivity contribution in [3.8, 4) is 5.75 Å². The van der Waals surface area contributed by atoms with E-state index in [2.05, 4.69) is 19.2 Å². The molecule has 1 saturated carbocycles. The molecule has 0 heterocycles. The maximum absolute atomic E-state index is 12.1. The van der Waals surface area contributed by atoms with Crippen LogP contribution in [0.25, 0.3) is 0 Å². The van der Waals surface area contributed by atoms with E-state index in [0.29, 0.717) is 12.5 Å². The lowest BCUT2D eigenvalue weighted by Crippen LogP contribution is -2.26. The van der Waals surface area contributed by atoms with Crippen molar-refractivity contribution in [2.24, 2.45) is 11.3 Å². The highest BCUT2D eigenvalue weighted by atomic mass is 35.7. The van der Waals surface area contributed by atoms with Crippen molar-refractivity contribution >= 4 is 25.6 Å². The predicted molar refractivity (Wildman–Crippen MR) is 80.3 cm³/mol. The molecule has 1 aromatic rings. The highest BCUT2D eigenvalue weighted by Gasteiger charge is 2.45. The minimum Gasteiger partial charge on any atom is -0.495 e. The zero-order chi connectivity index (χ0) is 15.8. The number of rotatable bonds is 5. The first-order valence-electron chi connectivity index (χ1n) is 6.56. The van der Waals surface area contributed by atoms with Gasteiger partial charge in [-0.15, -0.1) is 0 Å². The van der Waals surface area contributed by atoms with Gasteiger partial charge in [0.25, 0.3) is 15.0 Å². The molecule has 0 saturated heterocycles. The van der Waals surface area contributed by atoms with E-state index < -0.39 is 9.05 Å². The molecule has 1 aromatic carbocycles. The third-order valence-corrected chi connectivity index (χ3v) is 5.26. The summed E-state index contributed by atoms with van der Waals surface area (Å²) in [6.45, 7) is 4.88. The van der Waals surface area contributed by atoms with E-state index in [9.17, 15) is 13.2 Å². The quantitative estimate of drug-likeness (QED) is 0.841. The van der Waals surface area contributed by atoms with Crippen LogP contribution in [0, 0.1) is 11.3 Å². The van der Waals surface area contributed by atoms with Crippen molar-refractivity contribution in [3.05, 3.63) is 23.8 Å². The Morgan fingerprint density at radius 2 is 2.10 bits per heavy atom. The smallest absolute Gasteiger partial charge is 0.265 e. The van der Waals surface area contributed by atoms with Gasteiger partial charge in [0, 0.05) is 22.8 Å². The second-order valence-electron chi connectivity index (χ2n) is 5.90. The Balaban J connectivity index is 2.15. The fourth-order valence-corrected chi connectivity index (χ4v) is 3.27. The Morgan fingerprint density at radius 3 is 2.57 bits per heavy atom. The summed E-state index contributed by atoms with van der Waals surface area (Å²) in [6.07, 6.45) is 1.08. The van der Waals surface area contributed by atoms with Crippen LogP contribution in [-0.4, -0.2) is 28.0 Å². The summed E-state index contributed by atoms with van der Waals surface area (Å²) in [7, 11) is 2.73. The molecule has 1 aliphatic carbocycles. The van der Waals surface area contributed by atoms with Gasteiger partial charge in [-0.05, 0) is 36.0 Å². The Labute approximate surface area is 129 Å². The summed E-state index contributed by atoms with van der Waals surface area (Å²) in [5.74, 6) is 0.266. The van der Waals surface area contributed by atoms with Crippen LogP contribution in [-0.2, 0) is 9.05 Å². The number of hydrogen-bond acceptors (Lipinski definition) is 4. The van der Waals surface area contributed by atoms with Crippen LogP contribution in [0.15, 0.2) is 23.1 Å². The summed E-state index contributed by atoms with van der Waals surface area (Å²) in [5.41, 5.74) is 0.520. The minimum absolute atomic E-state index is 0.116.